The number of hydrogen-bond donors (Lipinski definition) is 2. The van der Waals surface area contributed by atoms with Gasteiger partial charge in [0.05, 0.1) is 6.04 Å². The molecule has 1 heterocycles. The zero-order valence-corrected chi connectivity index (χ0v) is 8.61. The van der Waals surface area contributed by atoms with Gasteiger partial charge in [0.1, 0.15) is 0 Å². The van der Waals surface area contributed by atoms with Gasteiger partial charge in [-0.1, -0.05) is 6.07 Å². The summed E-state index contributed by atoms with van der Waals surface area (Å²) in [7, 11) is 1.94. The van der Waals surface area contributed by atoms with Crippen LogP contribution in [0.1, 0.15) is 24.8 Å². The van der Waals surface area contributed by atoms with E-state index in [4.69, 9.17) is 5.73 Å². The van der Waals surface area contributed by atoms with Crippen LogP contribution in [0, 0.1) is 0 Å². The molecule has 0 saturated heterocycles. The maximum atomic E-state index is 6.08. The maximum absolute atomic E-state index is 6.08. The van der Waals surface area contributed by atoms with Gasteiger partial charge in [-0.25, -0.2) is 0 Å². The molecule has 0 aliphatic rings. The lowest BCUT2D eigenvalue weighted by Crippen LogP contribution is -2.45. The van der Waals surface area contributed by atoms with Crippen molar-refractivity contribution in [3.8, 4) is 0 Å². The molecule has 1 unspecified atom stereocenters. The van der Waals surface area contributed by atoms with Crippen molar-refractivity contribution in [2.75, 3.05) is 7.05 Å². The number of rotatable bonds is 3. The first-order valence-electron chi connectivity index (χ1n) is 4.06. The van der Waals surface area contributed by atoms with Crippen molar-refractivity contribution in [3.05, 3.63) is 22.4 Å². The third-order valence-electron chi connectivity index (χ3n) is 2.27. The molecule has 3 heteroatoms. The van der Waals surface area contributed by atoms with Crippen LogP contribution in [0.15, 0.2) is 17.5 Å². The van der Waals surface area contributed by atoms with Crippen LogP contribution in [0.25, 0.3) is 0 Å². The van der Waals surface area contributed by atoms with E-state index in [2.05, 4.69) is 30.6 Å². The maximum Gasteiger partial charge on any atom is 0.0569 e. The smallest absolute Gasteiger partial charge is 0.0569 e. The Morgan fingerprint density at radius 3 is 2.67 bits per heavy atom. The van der Waals surface area contributed by atoms with Crippen LogP contribution in [0.3, 0.4) is 0 Å². The minimum atomic E-state index is -0.0369. The minimum absolute atomic E-state index is 0.0369. The molecular weight excluding hydrogens is 168 g/mol. The summed E-state index contributed by atoms with van der Waals surface area (Å²) in [6.45, 7) is 4.22. The second-order valence-electron chi connectivity index (χ2n) is 3.46. The van der Waals surface area contributed by atoms with Crippen LogP contribution in [0.4, 0.5) is 0 Å². The largest absolute Gasteiger partial charge is 0.322 e. The third kappa shape index (κ3) is 1.86. The second kappa shape index (κ2) is 3.56. The van der Waals surface area contributed by atoms with Crippen molar-refractivity contribution in [2.24, 2.45) is 5.73 Å². The van der Waals surface area contributed by atoms with Gasteiger partial charge in [0.15, 0.2) is 0 Å². The zero-order chi connectivity index (χ0) is 9.19. The van der Waals surface area contributed by atoms with Gasteiger partial charge in [-0.15, -0.1) is 11.3 Å². The van der Waals surface area contributed by atoms with E-state index in [-0.39, 0.29) is 11.6 Å². The van der Waals surface area contributed by atoms with Gasteiger partial charge in [0.25, 0.3) is 0 Å². The molecule has 1 atom stereocenters. The topological polar surface area (TPSA) is 38.0 Å². The minimum Gasteiger partial charge on any atom is -0.322 e. The van der Waals surface area contributed by atoms with Crippen LogP contribution >= 0.6 is 11.3 Å². The average Bonchev–Trinajstić information content (AvgIpc) is 2.55. The highest BCUT2D eigenvalue weighted by Crippen LogP contribution is 2.25. The fraction of sp³-hybridized carbons (Fsp3) is 0.556. The highest BCUT2D eigenvalue weighted by atomic mass is 32.1. The summed E-state index contributed by atoms with van der Waals surface area (Å²) >= 11 is 1.71. The Kier molecular flexibility index (Phi) is 2.88. The Morgan fingerprint density at radius 2 is 2.25 bits per heavy atom. The molecular formula is C9H16N2S. The predicted octanol–water partition coefficient (Wildman–Crippen LogP) is 1.75. The highest BCUT2D eigenvalue weighted by Gasteiger charge is 2.25. The lowest BCUT2D eigenvalue weighted by Gasteiger charge is -2.30. The summed E-state index contributed by atoms with van der Waals surface area (Å²) in [5.74, 6) is 0. The molecule has 0 radical (unpaired) electrons. The van der Waals surface area contributed by atoms with Crippen molar-refractivity contribution >= 4 is 11.3 Å². The van der Waals surface area contributed by atoms with Gasteiger partial charge >= 0.3 is 0 Å². The van der Waals surface area contributed by atoms with E-state index in [9.17, 15) is 0 Å². The van der Waals surface area contributed by atoms with Crippen molar-refractivity contribution in [1.82, 2.24) is 5.32 Å². The molecule has 1 aromatic heterocycles. The normalized spacial score (nSPS) is 14.7. The molecule has 0 aliphatic carbocycles. The van der Waals surface area contributed by atoms with E-state index < -0.39 is 0 Å². The quantitative estimate of drug-likeness (QED) is 0.751. The lowest BCUT2D eigenvalue weighted by molar-refractivity contribution is 0.352. The molecule has 1 aromatic rings. The predicted molar refractivity (Wildman–Crippen MR) is 54.4 cm³/mol. The standard InChI is InChI=1S/C9H16N2S/c1-9(2,11-3)8(10)7-5-4-6-12-7/h4-6,8,11H,10H2,1-3H3. The van der Waals surface area contributed by atoms with Gasteiger partial charge in [0.2, 0.25) is 0 Å². The number of hydrogen-bond acceptors (Lipinski definition) is 3. The first kappa shape index (κ1) is 9.71. The molecule has 68 valence electrons. The summed E-state index contributed by atoms with van der Waals surface area (Å²) in [4.78, 5) is 1.23. The van der Waals surface area contributed by atoms with Gasteiger partial charge < -0.3 is 11.1 Å². The van der Waals surface area contributed by atoms with Crippen LogP contribution in [0.2, 0.25) is 0 Å². The van der Waals surface area contributed by atoms with Gasteiger partial charge in [-0.05, 0) is 32.3 Å². The molecule has 3 N–H and O–H groups in total. The highest BCUT2D eigenvalue weighted by molar-refractivity contribution is 7.10. The summed E-state index contributed by atoms with van der Waals surface area (Å²) in [5, 5.41) is 5.27. The van der Waals surface area contributed by atoms with Gasteiger partial charge in [-0.3, -0.25) is 0 Å². The third-order valence-corrected chi connectivity index (χ3v) is 3.23. The first-order valence-corrected chi connectivity index (χ1v) is 4.94. The monoisotopic (exact) mass is 184 g/mol. The first-order chi connectivity index (χ1) is 5.58. The Bertz CT molecular complexity index is 229. The van der Waals surface area contributed by atoms with Gasteiger partial charge in [0, 0.05) is 10.4 Å². The Morgan fingerprint density at radius 1 is 1.58 bits per heavy atom. The van der Waals surface area contributed by atoms with Crippen LogP contribution in [0.5, 0.6) is 0 Å². The summed E-state index contributed by atoms with van der Waals surface area (Å²) in [6, 6.07) is 4.18. The van der Waals surface area contributed by atoms with Crippen LogP contribution in [-0.2, 0) is 0 Å². The van der Waals surface area contributed by atoms with Crippen molar-refractivity contribution in [3.63, 3.8) is 0 Å². The molecule has 0 aromatic carbocycles. The fourth-order valence-corrected chi connectivity index (χ4v) is 1.89. The SMILES string of the molecule is CNC(C)(C)C(N)c1cccs1. The number of likely N-dealkylation sites (N-methyl/N-ethyl adjacent to an activating group) is 1. The van der Waals surface area contributed by atoms with E-state index in [1.807, 2.05) is 13.1 Å². The lowest BCUT2D eigenvalue weighted by atomic mass is 9.94. The summed E-state index contributed by atoms with van der Waals surface area (Å²) in [5.41, 5.74) is 6.04. The molecule has 0 saturated carbocycles. The van der Waals surface area contributed by atoms with Crippen molar-refractivity contribution in [2.45, 2.75) is 25.4 Å². The summed E-state index contributed by atoms with van der Waals surface area (Å²) in [6.07, 6.45) is 0. The van der Waals surface area contributed by atoms with E-state index >= 15 is 0 Å². The number of nitrogens with two attached hydrogens (primary N) is 1. The molecule has 0 spiro atoms. The molecule has 0 amide bonds. The Balaban J connectivity index is 2.78. The van der Waals surface area contributed by atoms with E-state index in [0.717, 1.165) is 0 Å². The fourth-order valence-electron chi connectivity index (χ4n) is 0.979. The van der Waals surface area contributed by atoms with Crippen molar-refractivity contribution < 1.29 is 0 Å². The summed E-state index contributed by atoms with van der Waals surface area (Å²) < 4.78 is 0. The average molecular weight is 184 g/mol. The van der Waals surface area contributed by atoms with E-state index in [1.54, 1.807) is 11.3 Å². The van der Waals surface area contributed by atoms with E-state index in [0.29, 0.717) is 0 Å². The molecule has 0 aliphatic heterocycles. The van der Waals surface area contributed by atoms with Crippen molar-refractivity contribution in [1.29, 1.82) is 0 Å². The molecule has 0 bridgehead atoms. The van der Waals surface area contributed by atoms with E-state index in [1.165, 1.54) is 4.88 Å². The molecule has 0 fully saturated rings. The van der Waals surface area contributed by atoms with Crippen LogP contribution < -0.4 is 11.1 Å². The number of nitrogens with one attached hydrogen (secondary N) is 1. The zero-order valence-electron chi connectivity index (χ0n) is 7.79. The molecule has 1 rings (SSSR count). The number of thiophene rings is 1. The second-order valence-corrected chi connectivity index (χ2v) is 4.44. The molecule has 2 nitrogen and oxygen atoms in total. The Hall–Kier alpha value is -0.380. The Labute approximate surface area is 77.8 Å². The van der Waals surface area contributed by atoms with Gasteiger partial charge in [-0.2, -0.15) is 0 Å². The molecule has 12 heavy (non-hydrogen) atoms. The van der Waals surface area contributed by atoms with Crippen LogP contribution in [-0.4, -0.2) is 12.6 Å².